The molecule has 184 valence electrons. The molecule has 0 amide bonds. The van der Waals surface area contributed by atoms with Crippen LogP contribution in [0.25, 0.3) is 27.8 Å². The van der Waals surface area contributed by atoms with Gasteiger partial charge in [0.15, 0.2) is 5.65 Å². The van der Waals surface area contributed by atoms with Crippen LogP contribution in [-0.4, -0.2) is 44.4 Å². The van der Waals surface area contributed by atoms with Crippen molar-refractivity contribution in [3.8, 4) is 11.3 Å². The van der Waals surface area contributed by atoms with Crippen molar-refractivity contribution in [2.45, 2.75) is 83.7 Å². The second-order valence-electron chi connectivity index (χ2n) is 11.4. The molecule has 0 bridgehead atoms. The molecule has 2 fully saturated rings. The highest BCUT2D eigenvalue weighted by molar-refractivity contribution is 5.92. The van der Waals surface area contributed by atoms with E-state index in [1.54, 1.807) is 6.33 Å². The summed E-state index contributed by atoms with van der Waals surface area (Å²) in [5, 5.41) is 9.65. The minimum Gasteiger partial charge on any atom is -0.377 e. The molecule has 3 aromatic heterocycles. The van der Waals surface area contributed by atoms with E-state index in [0.29, 0.717) is 17.9 Å². The number of aromatic amines is 1. The van der Waals surface area contributed by atoms with Crippen LogP contribution in [0.1, 0.15) is 80.5 Å². The van der Waals surface area contributed by atoms with Gasteiger partial charge in [-0.2, -0.15) is 5.10 Å². The quantitative estimate of drug-likeness (QED) is 0.373. The Morgan fingerprint density at radius 1 is 1.11 bits per heavy atom. The van der Waals surface area contributed by atoms with E-state index in [0.717, 1.165) is 18.9 Å². The van der Waals surface area contributed by atoms with E-state index < -0.39 is 0 Å². The van der Waals surface area contributed by atoms with Crippen LogP contribution >= 0.6 is 0 Å². The van der Waals surface area contributed by atoms with E-state index in [4.69, 9.17) is 4.74 Å². The zero-order valence-corrected chi connectivity index (χ0v) is 21.6. The minimum atomic E-state index is 0.190. The van der Waals surface area contributed by atoms with E-state index in [2.05, 4.69) is 79.4 Å². The maximum Gasteiger partial charge on any atom is 0.158 e. The van der Waals surface area contributed by atoms with E-state index in [-0.39, 0.29) is 5.54 Å². The van der Waals surface area contributed by atoms with Crippen molar-refractivity contribution in [1.29, 1.82) is 0 Å². The smallest absolute Gasteiger partial charge is 0.158 e. The molecule has 6 nitrogen and oxygen atoms in total. The fraction of sp³-hybridized carbons (Fsp3) is 0.517. The van der Waals surface area contributed by atoms with Crippen molar-refractivity contribution in [3.05, 3.63) is 53.0 Å². The number of pyridine rings is 1. The van der Waals surface area contributed by atoms with Crippen LogP contribution in [0.15, 0.2) is 30.7 Å². The summed E-state index contributed by atoms with van der Waals surface area (Å²) < 4.78 is 7.34. The molecule has 1 aliphatic heterocycles. The van der Waals surface area contributed by atoms with E-state index in [1.807, 2.05) is 4.52 Å². The van der Waals surface area contributed by atoms with Gasteiger partial charge in [-0.05, 0) is 92.7 Å². The summed E-state index contributed by atoms with van der Waals surface area (Å²) in [6, 6.07) is 7.74. The fourth-order valence-corrected chi connectivity index (χ4v) is 6.31. The molecule has 6 heteroatoms. The molecule has 1 saturated carbocycles. The summed E-state index contributed by atoms with van der Waals surface area (Å²) in [5.74, 6) is 1.04. The van der Waals surface area contributed by atoms with Gasteiger partial charge in [0.05, 0.1) is 24.4 Å². The van der Waals surface area contributed by atoms with E-state index >= 15 is 0 Å². The molecule has 0 unspecified atom stereocenters. The molecule has 4 aromatic rings. The maximum absolute atomic E-state index is 5.43. The number of hydrogen-bond acceptors (Lipinski definition) is 4. The summed E-state index contributed by atoms with van der Waals surface area (Å²) in [7, 11) is 0. The molecule has 0 atom stereocenters. The molecule has 4 heterocycles. The number of aromatic nitrogens is 4. The van der Waals surface area contributed by atoms with Gasteiger partial charge in [0.1, 0.15) is 6.33 Å². The summed E-state index contributed by atoms with van der Waals surface area (Å²) >= 11 is 0. The summed E-state index contributed by atoms with van der Waals surface area (Å²) in [6.07, 6.45) is 8.74. The number of nitrogens with zero attached hydrogens (tertiary/aromatic N) is 3. The maximum atomic E-state index is 5.43. The lowest BCUT2D eigenvalue weighted by atomic mass is 9.80. The molecule has 35 heavy (non-hydrogen) atoms. The number of ether oxygens (including phenoxy) is 1. The Kier molecular flexibility index (Phi) is 5.49. The highest BCUT2D eigenvalue weighted by atomic mass is 16.5. The monoisotopic (exact) mass is 471 g/mol. The topological polar surface area (TPSA) is 67.2 Å². The minimum absolute atomic E-state index is 0.190. The zero-order chi connectivity index (χ0) is 24.3. The lowest BCUT2D eigenvalue weighted by Gasteiger charge is -2.43. The second-order valence-corrected chi connectivity index (χ2v) is 11.4. The molecule has 1 aromatic carbocycles. The Balaban J connectivity index is 1.33. The third-order valence-corrected chi connectivity index (χ3v) is 8.43. The zero-order valence-electron chi connectivity index (χ0n) is 21.6. The average molecular weight is 472 g/mol. The number of benzene rings is 1. The first kappa shape index (κ1) is 22.7. The molecule has 2 N–H and O–H groups in total. The second kappa shape index (κ2) is 8.45. The average Bonchev–Trinajstić information content (AvgIpc) is 3.45. The van der Waals surface area contributed by atoms with Gasteiger partial charge in [0.25, 0.3) is 0 Å². The number of fused-ring (bicyclic) bond motifs is 2. The van der Waals surface area contributed by atoms with Gasteiger partial charge in [0.2, 0.25) is 0 Å². The van der Waals surface area contributed by atoms with Crippen LogP contribution in [0, 0.1) is 13.8 Å². The highest BCUT2D eigenvalue weighted by Crippen LogP contribution is 2.41. The standard InChI is InChI=1S/C29H37N5O/c1-17(2)26-23-12-21(20-6-9-22(10-7-20)33-29(5)14-35-15-29)8-11-25(23)32-27(26)24-13-34-28(30-16-31-34)19(4)18(24)3/h8,11-13,16-17,20,22,32-33H,6-7,9-10,14-15H2,1-5H3. The predicted molar refractivity (Wildman–Crippen MR) is 141 cm³/mol. The Morgan fingerprint density at radius 3 is 2.57 bits per heavy atom. The van der Waals surface area contributed by atoms with Gasteiger partial charge in [-0.25, -0.2) is 9.50 Å². The number of aryl methyl sites for hydroxylation is 1. The van der Waals surface area contributed by atoms with Crippen molar-refractivity contribution >= 4 is 16.6 Å². The van der Waals surface area contributed by atoms with Gasteiger partial charge in [0, 0.05) is 28.7 Å². The van der Waals surface area contributed by atoms with Gasteiger partial charge >= 0.3 is 0 Å². The van der Waals surface area contributed by atoms with Gasteiger partial charge in [-0.3, -0.25) is 0 Å². The molecule has 1 saturated heterocycles. The summed E-state index contributed by atoms with van der Waals surface area (Å²) in [6.45, 7) is 12.9. The van der Waals surface area contributed by atoms with Crippen molar-refractivity contribution in [2.75, 3.05) is 13.2 Å². The van der Waals surface area contributed by atoms with Crippen LogP contribution in [0.5, 0.6) is 0 Å². The third-order valence-electron chi connectivity index (χ3n) is 8.43. The Hall–Kier alpha value is -2.70. The van der Waals surface area contributed by atoms with Crippen LogP contribution in [-0.2, 0) is 4.74 Å². The van der Waals surface area contributed by atoms with Crippen molar-refractivity contribution < 1.29 is 4.74 Å². The van der Waals surface area contributed by atoms with Gasteiger partial charge < -0.3 is 15.0 Å². The Bertz CT molecular complexity index is 1390. The predicted octanol–water partition coefficient (Wildman–Crippen LogP) is 6.02. The number of H-pyrrole nitrogens is 1. The van der Waals surface area contributed by atoms with Gasteiger partial charge in [-0.1, -0.05) is 19.9 Å². The van der Waals surface area contributed by atoms with Crippen LogP contribution < -0.4 is 5.32 Å². The lowest BCUT2D eigenvalue weighted by Crippen LogP contribution is -2.61. The van der Waals surface area contributed by atoms with E-state index in [9.17, 15) is 0 Å². The van der Waals surface area contributed by atoms with Crippen molar-refractivity contribution in [2.24, 2.45) is 0 Å². The fourth-order valence-electron chi connectivity index (χ4n) is 6.31. The molecule has 2 aliphatic rings. The highest BCUT2D eigenvalue weighted by Gasteiger charge is 2.36. The first-order chi connectivity index (χ1) is 16.8. The third kappa shape index (κ3) is 3.87. The number of nitrogens with one attached hydrogen (secondary N) is 2. The first-order valence-electron chi connectivity index (χ1n) is 13.1. The molecular formula is C29H37N5O. The molecule has 0 spiro atoms. The largest absolute Gasteiger partial charge is 0.377 e. The summed E-state index contributed by atoms with van der Waals surface area (Å²) in [4.78, 5) is 8.22. The molecule has 6 rings (SSSR count). The first-order valence-corrected chi connectivity index (χ1v) is 13.1. The van der Waals surface area contributed by atoms with Crippen molar-refractivity contribution in [1.82, 2.24) is 24.9 Å². The SMILES string of the molecule is Cc1c(-c2[nH]c3ccc(C4CCC(NC5(C)COC5)CC4)cc3c2C(C)C)cn2ncnc2c1C. The normalized spacial score (nSPS) is 22.2. The molecule has 1 aliphatic carbocycles. The van der Waals surface area contributed by atoms with Gasteiger partial charge in [-0.15, -0.1) is 0 Å². The number of rotatable bonds is 5. The molecule has 0 radical (unpaired) electrons. The lowest BCUT2D eigenvalue weighted by molar-refractivity contribution is -0.0712. The number of hydrogen-bond donors (Lipinski definition) is 2. The Labute approximate surface area is 207 Å². The summed E-state index contributed by atoms with van der Waals surface area (Å²) in [5.41, 5.74) is 10.1. The Morgan fingerprint density at radius 2 is 1.89 bits per heavy atom. The van der Waals surface area contributed by atoms with Crippen LogP contribution in [0.2, 0.25) is 0 Å². The van der Waals surface area contributed by atoms with E-state index in [1.165, 1.54) is 70.1 Å². The van der Waals surface area contributed by atoms with Crippen LogP contribution in [0.3, 0.4) is 0 Å². The van der Waals surface area contributed by atoms with Crippen molar-refractivity contribution in [3.63, 3.8) is 0 Å². The van der Waals surface area contributed by atoms with Crippen LogP contribution in [0.4, 0.5) is 0 Å². The molecular weight excluding hydrogens is 434 g/mol.